The number of benzene rings is 1. The van der Waals surface area contributed by atoms with E-state index in [-0.39, 0.29) is 12.8 Å². The maximum absolute atomic E-state index is 13.2. The van der Waals surface area contributed by atoms with E-state index in [1.165, 1.54) is 12.5 Å². The van der Waals surface area contributed by atoms with Crippen molar-refractivity contribution in [3.63, 3.8) is 0 Å². The molecule has 3 rings (SSSR count). The van der Waals surface area contributed by atoms with Crippen LogP contribution in [0.15, 0.2) is 43.0 Å². The smallest absolute Gasteiger partial charge is 0.326 e. The van der Waals surface area contributed by atoms with Crippen molar-refractivity contribution in [3.05, 3.63) is 54.2 Å². The van der Waals surface area contributed by atoms with E-state index in [1.807, 2.05) is 0 Å². The fourth-order valence-corrected chi connectivity index (χ4v) is 4.22. The van der Waals surface area contributed by atoms with Crippen LogP contribution in [0, 0.1) is 0 Å². The molecule has 0 spiro atoms. The Labute approximate surface area is 238 Å². The lowest BCUT2D eigenvalue weighted by molar-refractivity contribution is -0.143. The van der Waals surface area contributed by atoms with Crippen LogP contribution in [0.2, 0.25) is 0 Å². The summed E-state index contributed by atoms with van der Waals surface area (Å²) in [5.74, 6) is -6.39. The number of aromatic nitrogens is 3. The van der Waals surface area contributed by atoms with Crippen LogP contribution in [0.3, 0.4) is 0 Å². The van der Waals surface area contributed by atoms with Crippen LogP contribution in [-0.4, -0.2) is 84.9 Å². The Bertz CT molecular complexity index is 1440. The molecular weight excluding hydrogens is 552 g/mol. The molecule has 224 valence electrons. The Kier molecular flexibility index (Phi) is 10.7. The van der Waals surface area contributed by atoms with E-state index in [2.05, 4.69) is 30.9 Å². The fraction of sp³-hybridized carbons (Fsp3) is 0.346. The van der Waals surface area contributed by atoms with E-state index >= 15 is 0 Å². The van der Waals surface area contributed by atoms with Gasteiger partial charge in [0.05, 0.1) is 18.8 Å². The van der Waals surface area contributed by atoms with E-state index in [9.17, 15) is 33.9 Å². The molecule has 4 atom stereocenters. The lowest BCUT2D eigenvalue weighted by Gasteiger charge is -2.24. The average molecular weight is 585 g/mol. The molecule has 16 nitrogen and oxygen atoms in total. The van der Waals surface area contributed by atoms with Crippen LogP contribution in [0.25, 0.3) is 10.9 Å². The van der Waals surface area contributed by atoms with Crippen molar-refractivity contribution in [1.82, 2.24) is 30.9 Å². The van der Waals surface area contributed by atoms with Crippen LogP contribution in [-0.2, 0) is 41.6 Å². The van der Waals surface area contributed by atoms with Crippen molar-refractivity contribution in [2.24, 2.45) is 11.5 Å². The molecule has 0 fully saturated rings. The highest BCUT2D eigenvalue weighted by Crippen LogP contribution is 2.19. The highest BCUT2D eigenvalue weighted by atomic mass is 16.4. The van der Waals surface area contributed by atoms with Gasteiger partial charge in [-0.3, -0.25) is 24.0 Å². The molecule has 0 aliphatic heterocycles. The van der Waals surface area contributed by atoms with Gasteiger partial charge in [0.1, 0.15) is 18.1 Å². The van der Waals surface area contributed by atoms with Crippen molar-refractivity contribution in [1.29, 1.82) is 0 Å². The summed E-state index contributed by atoms with van der Waals surface area (Å²) >= 11 is 0. The maximum atomic E-state index is 13.2. The summed E-state index contributed by atoms with van der Waals surface area (Å²) in [6, 6.07) is 1.52. The number of carbonyl (C=O) groups excluding carboxylic acids is 4. The standard InChI is InChI=1S/C26H32N8O8/c27-16(8-14-11-29-12-31-14)23(38)33-19(9-21(28)35)25(40)32-18(5-6-22(36)37)24(39)34-20(26(41)42)7-13-10-30-17-4-2-1-3-15(13)17/h1-4,10-12,16,18-20,30H,5-9,27H2,(H2,28,35)(H,29,31)(H,32,40)(H,33,38)(H,34,39)(H,36,37)(H,41,42). The van der Waals surface area contributed by atoms with Gasteiger partial charge in [-0.15, -0.1) is 0 Å². The Balaban J connectivity index is 1.73. The fourth-order valence-electron chi connectivity index (χ4n) is 4.22. The summed E-state index contributed by atoms with van der Waals surface area (Å²) in [5, 5.41) is 26.7. The van der Waals surface area contributed by atoms with Gasteiger partial charge in [-0.25, -0.2) is 9.78 Å². The number of hydrogen-bond donors (Lipinski definition) is 9. The zero-order chi connectivity index (χ0) is 30.8. The first-order chi connectivity index (χ1) is 19.9. The van der Waals surface area contributed by atoms with Crippen LogP contribution < -0.4 is 27.4 Å². The number of hydrogen-bond acceptors (Lipinski definition) is 8. The first kappa shape index (κ1) is 31.3. The quantitative estimate of drug-likeness (QED) is 0.0918. The second-order valence-electron chi connectivity index (χ2n) is 9.58. The molecule has 2 heterocycles. The summed E-state index contributed by atoms with van der Waals surface area (Å²) < 4.78 is 0. The highest BCUT2D eigenvalue weighted by Gasteiger charge is 2.32. The number of para-hydroxylation sites is 1. The minimum Gasteiger partial charge on any atom is -0.481 e. The molecule has 16 heteroatoms. The molecule has 4 amide bonds. The predicted molar refractivity (Wildman–Crippen MR) is 146 cm³/mol. The molecule has 3 aromatic rings. The number of carbonyl (C=O) groups is 6. The number of imidazole rings is 1. The van der Waals surface area contributed by atoms with Crippen molar-refractivity contribution < 1.29 is 39.0 Å². The number of amides is 4. The van der Waals surface area contributed by atoms with E-state index in [1.54, 1.807) is 30.5 Å². The summed E-state index contributed by atoms with van der Waals surface area (Å²) in [6.45, 7) is 0. The van der Waals surface area contributed by atoms with Gasteiger partial charge in [-0.2, -0.15) is 0 Å². The van der Waals surface area contributed by atoms with Gasteiger partial charge >= 0.3 is 11.9 Å². The van der Waals surface area contributed by atoms with Gasteiger partial charge in [0.15, 0.2) is 0 Å². The van der Waals surface area contributed by atoms with Gasteiger partial charge in [-0.1, -0.05) is 18.2 Å². The third-order valence-electron chi connectivity index (χ3n) is 6.36. The molecule has 0 radical (unpaired) electrons. The number of aliphatic carboxylic acids is 2. The molecule has 11 N–H and O–H groups in total. The summed E-state index contributed by atoms with van der Waals surface area (Å²) in [4.78, 5) is 83.4. The summed E-state index contributed by atoms with van der Waals surface area (Å²) in [7, 11) is 0. The summed E-state index contributed by atoms with van der Waals surface area (Å²) in [6.07, 6.45) is 2.76. The largest absolute Gasteiger partial charge is 0.481 e. The van der Waals surface area contributed by atoms with Crippen LogP contribution >= 0.6 is 0 Å². The van der Waals surface area contributed by atoms with Crippen molar-refractivity contribution in [3.8, 4) is 0 Å². The van der Waals surface area contributed by atoms with Crippen molar-refractivity contribution >= 4 is 46.5 Å². The molecule has 0 aliphatic carbocycles. The number of H-pyrrole nitrogens is 2. The lowest BCUT2D eigenvalue weighted by Crippen LogP contribution is -2.58. The van der Waals surface area contributed by atoms with Crippen LogP contribution in [0.4, 0.5) is 0 Å². The molecule has 0 saturated carbocycles. The van der Waals surface area contributed by atoms with Gasteiger partial charge < -0.3 is 47.6 Å². The van der Waals surface area contributed by atoms with E-state index < -0.39 is 79.0 Å². The van der Waals surface area contributed by atoms with E-state index in [4.69, 9.17) is 16.6 Å². The van der Waals surface area contributed by atoms with Gasteiger partial charge in [0, 0.05) is 48.3 Å². The number of aromatic amines is 2. The number of nitrogens with two attached hydrogens (primary N) is 2. The Morgan fingerprint density at radius 2 is 1.55 bits per heavy atom. The van der Waals surface area contributed by atoms with Crippen LogP contribution in [0.1, 0.15) is 30.5 Å². The Morgan fingerprint density at radius 1 is 0.881 bits per heavy atom. The van der Waals surface area contributed by atoms with E-state index in [0.29, 0.717) is 11.3 Å². The predicted octanol–water partition coefficient (Wildman–Crippen LogP) is -1.72. The second-order valence-corrected chi connectivity index (χ2v) is 9.58. The number of nitrogens with zero attached hydrogens (tertiary/aromatic N) is 1. The molecular formula is C26H32N8O8. The SMILES string of the molecule is NC(=O)CC(NC(=O)C(N)Cc1cnc[nH]1)C(=O)NC(CCC(=O)O)C(=O)NC(Cc1c[nH]c2ccccc12)C(=O)O. The normalized spacial score (nSPS) is 13.8. The average Bonchev–Trinajstić information content (AvgIpc) is 3.59. The first-order valence-electron chi connectivity index (χ1n) is 12.9. The molecule has 4 unspecified atom stereocenters. The lowest BCUT2D eigenvalue weighted by atomic mass is 10.0. The maximum Gasteiger partial charge on any atom is 0.326 e. The monoisotopic (exact) mass is 584 g/mol. The third-order valence-corrected chi connectivity index (χ3v) is 6.36. The molecule has 2 aromatic heterocycles. The molecule has 0 bridgehead atoms. The zero-order valence-corrected chi connectivity index (χ0v) is 22.3. The van der Waals surface area contributed by atoms with Crippen molar-refractivity contribution in [2.45, 2.75) is 56.3 Å². The molecule has 0 saturated heterocycles. The number of carboxylic acid groups (broad SMARTS) is 2. The molecule has 42 heavy (non-hydrogen) atoms. The number of primary amides is 1. The Hall–Kier alpha value is -5.25. The zero-order valence-electron chi connectivity index (χ0n) is 22.3. The number of carboxylic acids is 2. The van der Waals surface area contributed by atoms with Gasteiger partial charge in [0.25, 0.3) is 0 Å². The van der Waals surface area contributed by atoms with Gasteiger partial charge in [-0.05, 0) is 18.1 Å². The minimum absolute atomic E-state index is 0.0351. The topological polar surface area (TPSA) is 275 Å². The van der Waals surface area contributed by atoms with Crippen molar-refractivity contribution in [2.75, 3.05) is 0 Å². The Morgan fingerprint density at radius 3 is 2.19 bits per heavy atom. The summed E-state index contributed by atoms with van der Waals surface area (Å²) in [5.41, 5.74) is 13.1. The highest BCUT2D eigenvalue weighted by molar-refractivity contribution is 5.96. The first-order valence-corrected chi connectivity index (χ1v) is 12.9. The van der Waals surface area contributed by atoms with Crippen LogP contribution in [0.5, 0.6) is 0 Å². The third kappa shape index (κ3) is 8.88. The number of rotatable bonds is 16. The molecule has 0 aliphatic rings. The van der Waals surface area contributed by atoms with Gasteiger partial charge in [0.2, 0.25) is 23.6 Å². The second kappa shape index (κ2) is 14.4. The number of fused-ring (bicyclic) bond motifs is 1. The minimum atomic E-state index is -1.55. The van der Waals surface area contributed by atoms with E-state index in [0.717, 1.165) is 10.9 Å². The molecule has 1 aromatic carbocycles. The number of nitrogens with one attached hydrogen (secondary N) is 5.